The first kappa shape index (κ1) is 17.4. The number of benzene rings is 1. The largest absolute Gasteiger partial charge is 0.335 e. The second-order valence-electron chi connectivity index (χ2n) is 5.53. The van der Waals surface area contributed by atoms with Gasteiger partial charge in [0.2, 0.25) is 5.91 Å². The van der Waals surface area contributed by atoms with Crippen LogP contribution in [-0.4, -0.2) is 32.6 Å². The van der Waals surface area contributed by atoms with Gasteiger partial charge in [-0.3, -0.25) is 4.79 Å². The lowest BCUT2D eigenvalue weighted by Gasteiger charge is -2.24. The molecule has 0 aliphatic heterocycles. The highest BCUT2D eigenvalue weighted by atomic mass is 35.5. The van der Waals surface area contributed by atoms with Crippen molar-refractivity contribution in [2.45, 2.75) is 13.0 Å². The zero-order valence-electron chi connectivity index (χ0n) is 13.8. The van der Waals surface area contributed by atoms with Gasteiger partial charge < -0.3 is 4.90 Å². The van der Waals surface area contributed by atoms with Crippen molar-refractivity contribution in [3.05, 3.63) is 69.9 Å². The molecule has 5 nitrogen and oxygen atoms in total. The molecule has 0 fully saturated rings. The Kier molecular flexibility index (Phi) is 5.31. The van der Waals surface area contributed by atoms with Crippen molar-refractivity contribution in [2.24, 2.45) is 0 Å². The third kappa shape index (κ3) is 4.15. The number of amides is 1. The van der Waals surface area contributed by atoms with E-state index in [2.05, 4.69) is 10.1 Å². The molecule has 7 heteroatoms. The van der Waals surface area contributed by atoms with Crippen LogP contribution in [0.3, 0.4) is 0 Å². The number of thiophene rings is 1. The van der Waals surface area contributed by atoms with E-state index in [1.165, 1.54) is 17.7 Å². The van der Waals surface area contributed by atoms with E-state index in [0.717, 1.165) is 16.1 Å². The smallest absolute Gasteiger partial charge is 0.246 e. The summed E-state index contributed by atoms with van der Waals surface area (Å²) in [6.45, 7) is 2.00. The Hall–Kier alpha value is -2.44. The van der Waals surface area contributed by atoms with Crippen LogP contribution in [0, 0.1) is 0 Å². The van der Waals surface area contributed by atoms with Gasteiger partial charge >= 0.3 is 0 Å². The number of carbonyl (C=O) groups is 1. The van der Waals surface area contributed by atoms with E-state index in [1.54, 1.807) is 35.1 Å². The normalized spacial score (nSPS) is 12.4. The van der Waals surface area contributed by atoms with Gasteiger partial charge in [0.1, 0.15) is 12.7 Å². The van der Waals surface area contributed by atoms with Gasteiger partial charge in [-0.2, -0.15) is 5.10 Å². The molecule has 1 unspecified atom stereocenters. The summed E-state index contributed by atoms with van der Waals surface area (Å²) in [4.78, 5) is 19.0. The zero-order valence-corrected chi connectivity index (χ0v) is 15.4. The quantitative estimate of drug-likeness (QED) is 0.630. The standard InChI is InChI=1S/C18H17ClN4OS/c1-13(14-3-5-15(6-4-14)23-12-20-11-21-23)22(2)18(24)10-8-16-7-9-17(19)25-16/h3-13H,1-2H3. The van der Waals surface area contributed by atoms with E-state index >= 15 is 0 Å². The minimum atomic E-state index is -0.0580. The highest BCUT2D eigenvalue weighted by Crippen LogP contribution is 2.23. The Morgan fingerprint density at radius 2 is 2.04 bits per heavy atom. The molecular formula is C18H17ClN4OS. The third-order valence-electron chi connectivity index (χ3n) is 3.97. The molecule has 128 valence electrons. The van der Waals surface area contributed by atoms with Crippen LogP contribution in [0.25, 0.3) is 11.8 Å². The van der Waals surface area contributed by atoms with E-state index in [4.69, 9.17) is 11.6 Å². The highest BCUT2D eigenvalue weighted by Gasteiger charge is 2.15. The van der Waals surface area contributed by atoms with E-state index in [0.29, 0.717) is 4.34 Å². The lowest BCUT2D eigenvalue weighted by atomic mass is 10.1. The first-order valence-electron chi connectivity index (χ1n) is 7.70. The average molecular weight is 373 g/mol. The molecule has 0 N–H and O–H groups in total. The number of likely N-dealkylation sites (N-methyl/N-ethyl adjacent to an activating group) is 1. The molecule has 0 spiro atoms. The molecular weight excluding hydrogens is 356 g/mol. The fraction of sp³-hybridized carbons (Fsp3) is 0.167. The molecule has 1 amide bonds. The Balaban J connectivity index is 1.67. The Labute approximate surface area is 155 Å². The lowest BCUT2D eigenvalue weighted by Crippen LogP contribution is -2.27. The maximum absolute atomic E-state index is 12.4. The summed E-state index contributed by atoms with van der Waals surface area (Å²) in [5.41, 5.74) is 1.98. The summed E-state index contributed by atoms with van der Waals surface area (Å²) in [7, 11) is 1.80. The van der Waals surface area contributed by atoms with Gasteiger partial charge in [-0.1, -0.05) is 23.7 Å². The SMILES string of the molecule is CC(c1ccc(-n2cncn2)cc1)N(C)C(=O)C=Cc1ccc(Cl)s1. The number of carbonyl (C=O) groups excluding carboxylic acids is 1. The second-order valence-corrected chi connectivity index (χ2v) is 7.28. The summed E-state index contributed by atoms with van der Waals surface area (Å²) >= 11 is 7.34. The molecule has 25 heavy (non-hydrogen) atoms. The maximum atomic E-state index is 12.4. The molecule has 0 aliphatic rings. The molecule has 3 rings (SSSR count). The molecule has 0 saturated carbocycles. The van der Waals surface area contributed by atoms with Gasteiger partial charge in [0.15, 0.2) is 0 Å². The minimum Gasteiger partial charge on any atom is -0.335 e. The molecule has 1 aromatic carbocycles. The zero-order chi connectivity index (χ0) is 17.8. The van der Waals surface area contributed by atoms with Crippen molar-refractivity contribution in [1.29, 1.82) is 0 Å². The van der Waals surface area contributed by atoms with Crippen LogP contribution < -0.4 is 0 Å². The van der Waals surface area contributed by atoms with Crippen LogP contribution in [0.15, 0.2) is 55.1 Å². The predicted octanol–water partition coefficient (Wildman–Crippen LogP) is 4.22. The van der Waals surface area contributed by atoms with E-state index in [9.17, 15) is 4.79 Å². The van der Waals surface area contributed by atoms with Crippen LogP contribution in [0.1, 0.15) is 23.4 Å². The first-order chi connectivity index (χ1) is 12.0. The Morgan fingerprint density at radius 3 is 2.64 bits per heavy atom. The minimum absolute atomic E-state index is 0.0473. The van der Waals surface area contributed by atoms with Gasteiger partial charge in [-0.15, -0.1) is 11.3 Å². The third-order valence-corrected chi connectivity index (χ3v) is 5.17. The number of hydrogen-bond acceptors (Lipinski definition) is 4. The van der Waals surface area contributed by atoms with Gasteiger partial charge in [0.05, 0.1) is 16.1 Å². The van der Waals surface area contributed by atoms with Crippen molar-refractivity contribution in [3.8, 4) is 5.69 Å². The van der Waals surface area contributed by atoms with Gasteiger partial charge in [0.25, 0.3) is 0 Å². The van der Waals surface area contributed by atoms with Gasteiger partial charge in [0, 0.05) is 18.0 Å². The summed E-state index contributed by atoms with van der Waals surface area (Å²) in [6.07, 6.45) is 6.50. The molecule has 1 atom stereocenters. The number of nitrogens with zero attached hydrogens (tertiary/aromatic N) is 4. The van der Waals surface area contributed by atoms with Crippen molar-refractivity contribution in [3.63, 3.8) is 0 Å². The van der Waals surface area contributed by atoms with Crippen LogP contribution in [-0.2, 0) is 4.79 Å². The number of rotatable bonds is 5. The fourth-order valence-corrected chi connectivity index (χ4v) is 3.31. The van der Waals surface area contributed by atoms with E-state index in [1.807, 2.05) is 43.3 Å². The first-order valence-corrected chi connectivity index (χ1v) is 8.89. The highest BCUT2D eigenvalue weighted by molar-refractivity contribution is 7.17. The molecule has 0 bridgehead atoms. The maximum Gasteiger partial charge on any atom is 0.246 e. The number of halogens is 1. The van der Waals surface area contributed by atoms with Crippen molar-refractivity contribution in [1.82, 2.24) is 19.7 Å². The Bertz CT molecular complexity index is 871. The van der Waals surface area contributed by atoms with Crippen LogP contribution in [0.4, 0.5) is 0 Å². The number of aromatic nitrogens is 3. The van der Waals surface area contributed by atoms with E-state index in [-0.39, 0.29) is 11.9 Å². The van der Waals surface area contributed by atoms with Crippen molar-refractivity contribution >= 4 is 34.9 Å². The van der Waals surface area contributed by atoms with E-state index < -0.39 is 0 Å². The molecule has 0 radical (unpaired) electrons. The monoisotopic (exact) mass is 372 g/mol. The van der Waals surface area contributed by atoms with Gasteiger partial charge in [-0.25, -0.2) is 9.67 Å². The lowest BCUT2D eigenvalue weighted by molar-refractivity contribution is -0.126. The van der Waals surface area contributed by atoms with Crippen molar-refractivity contribution in [2.75, 3.05) is 7.05 Å². The van der Waals surface area contributed by atoms with Crippen LogP contribution in [0.5, 0.6) is 0 Å². The summed E-state index contributed by atoms with van der Waals surface area (Å²) in [5.74, 6) is -0.0580. The number of hydrogen-bond donors (Lipinski definition) is 0. The Morgan fingerprint density at radius 1 is 1.28 bits per heavy atom. The van der Waals surface area contributed by atoms with Crippen LogP contribution in [0.2, 0.25) is 4.34 Å². The summed E-state index contributed by atoms with van der Waals surface area (Å²) in [5, 5.41) is 4.10. The second kappa shape index (κ2) is 7.63. The molecule has 0 aliphatic carbocycles. The summed E-state index contributed by atoms with van der Waals surface area (Å²) in [6, 6.07) is 11.6. The molecule has 2 heterocycles. The molecule has 3 aromatic rings. The summed E-state index contributed by atoms with van der Waals surface area (Å²) < 4.78 is 2.40. The van der Waals surface area contributed by atoms with Crippen LogP contribution >= 0.6 is 22.9 Å². The fourth-order valence-electron chi connectivity index (χ4n) is 2.35. The molecule has 2 aromatic heterocycles. The average Bonchev–Trinajstić information content (AvgIpc) is 3.30. The van der Waals surface area contributed by atoms with Crippen molar-refractivity contribution < 1.29 is 4.79 Å². The predicted molar refractivity (Wildman–Crippen MR) is 101 cm³/mol. The van der Waals surface area contributed by atoms with Gasteiger partial charge in [-0.05, 0) is 42.8 Å². The topological polar surface area (TPSA) is 51.0 Å². The molecule has 0 saturated heterocycles.